The van der Waals surface area contributed by atoms with Gasteiger partial charge in [-0.15, -0.1) is 0 Å². The first-order valence-corrected chi connectivity index (χ1v) is 14.0. The van der Waals surface area contributed by atoms with Gasteiger partial charge in [-0.3, -0.25) is 9.52 Å². The summed E-state index contributed by atoms with van der Waals surface area (Å²) < 4.78 is 69.3. The third-order valence-electron chi connectivity index (χ3n) is 5.95. The summed E-state index contributed by atoms with van der Waals surface area (Å²) in [4.78, 5) is 18.7. The molecule has 1 aliphatic rings. The number of rotatable bonds is 7. The Labute approximate surface area is 206 Å². The lowest BCUT2D eigenvalue weighted by molar-refractivity contribution is -0.118. The fourth-order valence-electron chi connectivity index (χ4n) is 4.20. The Kier molecular flexibility index (Phi) is 6.10. The molecule has 3 N–H and O–H groups in total. The zero-order valence-electron chi connectivity index (χ0n) is 18.7. The van der Waals surface area contributed by atoms with Gasteiger partial charge in [-0.25, -0.2) is 30.9 Å². The lowest BCUT2D eigenvalue weighted by Gasteiger charge is -2.18. The van der Waals surface area contributed by atoms with E-state index in [1.165, 1.54) is 18.2 Å². The Balaban J connectivity index is 1.47. The van der Waals surface area contributed by atoms with Gasteiger partial charge in [0.05, 0.1) is 23.5 Å². The SMILES string of the molecule is O=C1CC(c2ccc(C[C@H](NS(=O)(=O)c3ccccc3F)c3nc4ccccc4[nH]3)cc2)S(=O)(=O)N1. The number of aromatic amines is 1. The van der Waals surface area contributed by atoms with E-state index < -0.39 is 48.0 Å². The average molecular weight is 529 g/mol. The van der Waals surface area contributed by atoms with Crippen molar-refractivity contribution in [1.82, 2.24) is 19.4 Å². The van der Waals surface area contributed by atoms with Crippen LogP contribution in [0.3, 0.4) is 0 Å². The third kappa shape index (κ3) is 4.74. The number of benzene rings is 3. The van der Waals surface area contributed by atoms with Crippen LogP contribution in [0.25, 0.3) is 11.0 Å². The first kappa shape index (κ1) is 24.1. The van der Waals surface area contributed by atoms with E-state index in [1.807, 2.05) is 10.8 Å². The maximum absolute atomic E-state index is 14.3. The Morgan fingerprint density at radius 3 is 2.39 bits per heavy atom. The topological polar surface area (TPSA) is 138 Å². The maximum Gasteiger partial charge on any atom is 0.244 e. The number of carbonyl (C=O) groups excluding carboxylic acids is 1. The molecule has 0 spiro atoms. The number of aromatic nitrogens is 2. The summed E-state index contributed by atoms with van der Waals surface area (Å²) in [5.74, 6) is -1.09. The zero-order valence-corrected chi connectivity index (χ0v) is 20.3. The van der Waals surface area contributed by atoms with Gasteiger partial charge in [-0.2, -0.15) is 0 Å². The molecule has 12 heteroatoms. The van der Waals surface area contributed by atoms with Gasteiger partial charge in [0.2, 0.25) is 26.0 Å². The van der Waals surface area contributed by atoms with Gasteiger partial charge in [0.25, 0.3) is 0 Å². The number of amides is 1. The van der Waals surface area contributed by atoms with Crippen LogP contribution in [0.15, 0.2) is 77.7 Å². The monoisotopic (exact) mass is 528 g/mol. The number of H-pyrrole nitrogens is 1. The van der Waals surface area contributed by atoms with Crippen LogP contribution >= 0.6 is 0 Å². The van der Waals surface area contributed by atoms with E-state index in [-0.39, 0.29) is 12.8 Å². The van der Waals surface area contributed by atoms with Gasteiger partial charge < -0.3 is 4.98 Å². The van der Waals surface area contributed by atoms with Gasteiger partial charge in [0.15, 0.2) is 0 Å². The van der Waals surface area contributed by atoms with E-state index in [1.54, 1.807) is 42.5 Å². The Morgan fingerprint density at radius 2 is 1.72 bits per heavy atom. The van der Waals surface area contributed by atoms with Crippen molar-refractivity contribution >= 4 is 37.0 Å². The molecule has 1 saturated heterocycles. The molecule has 0 saturated carbocycles. The minimum atomic E-state index is -4.25. The summed E-state index contributed by atoms with van der Waals surface area (Å²) in [5, 5.41) is -0.982. The predicted octanol–water partition coefficient (Wildman–Crippen LogP) is 2.86. The van der Waals surface area contributed by atoms with Crippen molar-refractivity contribution in [2.24, 2.45) is 0 Å². The summed E-state index contributed by atoms with van der Waals surface area (Å²) in [6.07, 6.45) is -0.0197. The van der Waals surface area contributed by atoms with Gasteiger partial charge in [0.1, 0.15) is 21.8 Å². The molecule has 2 atom stereocenters. The minimum absolute atomic E-state index is 0.141. The zero-order chi connectivity index (χ0) is 25.5. The number of halogens is 1. The van der Waals surface area contributed by atoms with Crippen molar-refractivity contribution in [3.63, 3.8) is 0 Å². The molecule has 3 aromatic carbocycles. The number of sulfonamides is 2. The number of hydrogen-bond donors (Lipinski definition) is 3. The van der Waals surface area contributed by atoms with E-state index in [0.717, 1.165) is 6.07 Å². The second-order valence-electron chi connectivity index (χ2n) is 8.45. The molecular formula is C24H21FN4O5S2. The molecule has 1 unspecified atom stereocenters. The maximum atomic E-state index is 14.3. The highest BCUT2D eigenvalue weighted by Gasteiger charge is 2.37. The van der Waals surface area contributed by atoms with E-state index in [9.17, 15) is 26.0 Å². The molecule has 1 fully saturated rings. The number of para-hydroxylation sites is 2. The van der Waals surface area contributed by atoms with Gasteiger partial charge in [0, 0.05) is 0 Å². The van der Waals surface area contributed by atoms with Crippen LogP contribution in [0.2, 0.25) is 0 Å². The summed E-state index contributed by atoms with van der Waals surface area (Å²) in [6, 6.07) is 17.9. The second kappa shape index (κ2) is 9.12. The largest absolute Gasteiger partial charge is 0.341 e. The molecule has 0 aliphatic carbocycles. The second-order valence-corrected chi connectivity index (χ2v) is 12.0. The quantitative estimate of drug-likeness (QED) is 0.337. The minimum Gasteiger partial charge on any atom is -0.341 e. The predicted molar refractivity (Wildman–Crippen MR) is 130 cm³/mol. The first-order valence-electron chi connectivity index (χ1n) is 11.0. The molecule has 1 aromatic heterocycles. The van der Waals surface area contributed by atoms with Crippen LogP contribution < -0.4 is 9.44 Å². The number of fused-ring (bicyclic) bond motifs is 1. The smallest absolute Gasteiger partial charge is 0.244 e. The average Bonchev–Trinajstić information content (AvgIpc) is 3.38. The number of nitrogens with zero attached hydrogens (tertiary/aromatic N) is 1. The van der Waals surface area contributed by atoms with Crippen LogP contribution in [-0.2, 0) is 31.3 Å². The lowest BCUT2D eigenvalue weighted by atomic mass is 10.0. The number of imidazole rings is 1. The van der Waals surface area contributed by atoms with Crippen molar-refractivity contribution in [1.29, 1.82) is 0 Å². The fraction of sp³-hybridized carbons (Fsp3) is 0.167. The molecule has 1 aliphatic heterocycles. The van der Waals surface area contributed by atoms with Crippen molar-refractivity contribution in [2.75, 3.05) is 0 Å². The molecule has 1 amide bonds. The number of nitrogens with one attached hydrogen (secondary N) is 3. The highest BCUT2D eigenvalue weighted by Crippen LogP contribution is 2.31. The molecule has 5 rings (SSSR count). The van der Waals surface area contributed by atoms with E-state index >= 15 is 0 Å². The van der Waals surface area contributed by atoms with Gasteiger partial charge in [-0.05, 0) is 41.8 Å². The number of carbonyl (C=O) groups is 1. The lowest BCUT2D eigenvalue weighted by Crippen LogP contribution is -2.31. The molecule has 36 heavy (non-hydrogen) atoms. The summed E-state index contributed by atoms with van der Waals surface area (Å²) in [6.45, 7) is 0. The van der Waals surface area contributed by atoms with Crippen LogP contribution in [0, 0.1) is 5.82 Å². The van der Waals surface area contributed by atoms with Gasteiger partial charge >= 0.3 is 0 Å². The normalized spacial score (nSPS) is 18.2. The molecule has 2 heterocycles. The molecule has 0 bridgehead atoms. The summed E-state index contributed by atoms with van der Waals surface area (Å²) >= 11 is 0. The van der Waals surface area contributed by atoms with Crippen LogP contribution in [0.1, 0.15) is 34.7 Å². The summed E-state index contributed by atoms with van der Waals surface area (Å²) in [5.41, 5.74) is 2.47. The fourth-order valence-corrected chi connectivity index (χ4v) is 6.90. The highest BCUT2D eigenvalue weighted by molar-refractivity contribution is 7.90. The van der Waals surface area contributed by atoms with Crippen LogP contribution in [0.4, 0.5) is 4.39 Å². The highest BCUT2D eigenvalue weighted by atomic mass is 32.2. The first-order chi connectivity index (χ1) is 17.1. The molecular weight excluding hydrogens is 507 g/mol. The molecule has 4 aromatic rings. The van der Waals surface area contributed by atoms with E-state index in [4.69, 9.17) is 0 Å². The van der Waals surface area contributed by atoms with Crippen molar-refractivity contribution < 1.29 is 26.0 Å². The molecule has 186 valence electrons. The van der Waals surface area contributed by atoms with Crippen LogP contribution in [0.5, 0.6) is 0 Å². The Hall–Kier alpha value is -3.61. The van der Waals surface area contributed by atoms with E-state index in [0.29, 0.717) is 28.0 Å². The Bertz CT molecular complexity index is 1640. The van der Waals surface area contributed by atoms with Crippen molar-refractivity contribution in [2.45, 2.75) is 29.0 Å². The van der Waals surface area contributed by atoms with Crippen LogP contribution in [-0.4, -0.2) is 32.7 Å². The molecule has 0 radical (unpaired) electrons. The van der Waals surface area contributed by atoms with Gasteiger partial charge in [-0.1, -0.05) is 48.5 Å². The third-order valence-corrected chi connectivity index (χ3v) is 9.16. The molecule has 9 nitrogen and oxygen atoms in total. The standard InChI is InChI=1S/C24H21FN4O5S2/c25-17-5-1-4-8-21(17)35(31,32)28-20(24-26-18-6-2-3-7-19(18)27-24)13-15-9-11-16(12-10-15)22-14-23(30)29-36(22,33)34/h1-12,20,22,28H,13-14H2,(H,26,27)(H,29,30)/t20-,22?/m0/s1. The summed E-state index contributed by atoms with van der Waals surface area (Å²) in [7, 11) is -8.03. The van der Waals surface area contributed by atoms with Crippen molar-refractivity contribution in [3.05, 3.63) is 95.6 Å². The Morgan fingerprint density at radius 1 is 1.03 bits per heavy atom. The number of hydrogen-bond acceptors (Lipinski definition) is 6. The van der Waals surface area contributed by atoms with E-state index in [2.05, 4.69) is 14.7 Å². The van der Waals surface area contributed by atoms with Crippen molar-refractivity contribution in [3.8, 4) is 0 Å².